The Kier molecular flexibility index (Phi) is 7.66. The molecule has 1 saturated carbocycles. The number of hydrogen-bond donors (Lipinski definition) is 2. The number of ether oxygens (including phenoxy) is 1. The predicted molar refractivity (Wildman–Crippen MR) is 136 cm³/mol. The van der Waals surface area contributed by atoms with Gasteiger partial charge in [0.15, 0.2) is 5.69 Å². The standard InChI is InChI=1S/C27H37N5O4/c1-5-14-32-25(34)23-22(24(33)28-15-19-10-12-21(13-11-19)36-18(2)3)29-17-31(23)16-27(32,4)26(35)30-20-8-6-7-9-20/h10-13,17-18,20H,5-9,14-16H2,1-4H3,(H,28,33)(H,30,35). The van der Waals surface area contributed by atoms with E-state index in [1.165, 1.54) is 6.33 Å². The molecular weight excluding hydrogens is 458 g/mol. The smallest absolute Gasteiger partial charge is 0.273 e. The second-order valence-electron chi connectivity index (χ2n) is 10.2. The van der Waals surface area contributed by atoms with Crippen molar-refractivity contribution in [2.24, 2.45) is 0 Å². The van der Waals surface area contributed by atoms with E-state index in [1.807, 2.05) is 45.0 Å². The lowest BCUT2D eigenvalue weighted by molar-refractivity contribution is -0.133. The van der Waals surface area contributed by atoms with Crippen molar-refractivity contribution in [1.82, 2.24) is 25.1 Å². The molecule has 1 aliphatic heterocycles. The van der Waals surface area contributed by atoms with E-state index in [-0.39, 0.29) is 41.9 Å². The van der Waals surface area contributed by atoms with Crippen molar-refractivity contribution in [2.75, 3.05) is 6.54 Å². The van der Waals surface area contributed by atoms with E-state index in [9.17, 15) is 14.4 Å². The van der Waals surface area contributed by atoms with E-state index < -0.39 is 11.4 Å². The maximum atomic E-state index is 13.6. The molecule has 3 amide bonds. The minimum Gasteiger partial charge on any atom is -0.491 e. The van der Waals surface area contributed by atoms with Crippen LogP contribution in [0.3, 0.4) is 0 Å². The van der Waals surface area contributed by atoms with Crippen LogP contribution in [-0.4, -0.2) is 56.4 Å². The summed E-state index contributed by atoms with van der Waals surface area (Å²) in [6.45, 7) is 8.68. The molecule has 2 N–H and O–H groups in total. The zero-order valence-electron chi connectivity index (χ0n) is 21.7. The third-order valence-corrected chi connectivity index (χ3v) is 6.95. The Morgan fingerprint density at radius 1 is 1.19 bits per heavy atom. The van der Waals surface area contributed by atoms with Crippen molar-refractivity contribution in [1.29, 1.82) is 0 Å². The van der Waals surface area contributed by atoms with Gasteiger partial charge in [-0.25, -0.2) is 4.98 Å². The van der Waals surface area contributed by atoms with Gasteiger partial charge in [-0.2, -0.15) is 0 Å². The second-order valence-corrected chi connectivity index (χ2v) is 10.2. The molecule has 0 radical (unpaired) electrons. The maximum Gasteiger partial charge on any atom is 0.273 e. The molecule has 1 aliphatic carbocycles. The first-order valence-corrected chi connectivity index (χ1v) is 12.9. The second kappa shape index (κ2) is 10.7. The quantitative estimate of drug-likeness (QED) is 0.555. The molecule has 194 valence electrons. The number of carbonyl (C=O) groups excluding carboxylic acids is 3. The van der Waals surface area contributed by atoms with Crippen LogP contribution in [0.2, 0.25) is 0 Å². The molecule has 2 heterocycles. The summed E-state index contributed by atoms with van der Waals surface area (Å²) < 4.78 is 7.31. The molecule has 1 aromatic heterocycles. The number of imidazole rings is 1. The monoisotopic (exact) mass is 495 g/mol. The number of hydrogen-bond acceptors (Lipinski definition) is 5. The summed E-state index contributed by atoms with van der Waals surface area (Å²) >= 11 is 0. The van der Waals surface area contributed by atoms with Crippen LogP contribution in [0.25, 0.3) is 0 Å². The van der Waals surface area contributed by atoms with Crippen molar-refractivity contribution in [3.05, 3.63) is 47.5 Å². The lowest BCUT2D eigenvalue weighted by Gasteiger charge is -2.44. The fraction of sp³-hybridized carbons (Fsp3) is 0.556. The van der Waals surface area contributed by atoms with Crippen molar-refractivity contribution in [2.45, 2.75) is 90.6 Å². The highest BCUT2D eigenvalue weighted by atomic mass is 16.5. The van der Waals surface area contributed by atoms with Gasteiger partial charge in [0.25, 0.3) is 11.8 Å². The molecule has 1 aromatic carbocycles. The number of nitrogens with zero attached hydrogens (tertiary/aromatic N) is 3. The van der Waals surface area contributed by atoms with Crippen LogP contribution in [0.4, 0.5) is 0 Å². The van der Waals surface area contributed by atoms with Crippen LogP contribution in [-0.2, 0) is 17.9 Å². The number of nitrogens with one attached hydrogen (secondary N) is 2. The lowest BCUT2D eigenvalue weighted by atomic mass is 9.93. The van der Waals surface area contributed by atoms with Crippen molar-refractivity contribution < 1.29 is 19.1 Å². The molecule has 1 fully saturated rings. The number of benzene rings is 1. The first-order chi connectivity index (χ1) is 17.2. The van der Waals surface area contributed by atoms with Crippen LogP contribution in [0.1, 0.15) is 86.3 Å². The molecule has 2 aromatic rings. The van der Waals surface area contributed by atoms with E-state index in [4.69, 9.17) is 4.74 Å². The number of fused-ring (bicyclic) bond motifs is 1. The zero-order chi connectivity index (χ0) is 25.9. The highest BCUT2D eigenvalue weighted by Gasteiger charge is 2.48. The third kappa shape index (κ3) is 5.24. The number of amides is 3. The lowest BCUT2D eigenvalue weighted by Crippen LogP contribution is -2.65. The van der Waals surface area contributed by atoms with Crippen LogP contribution in [0.15, 0.2) is 30.6 Å². The fourth-order valence-corrected chi connectivity index (χ4v) is 5.06. The molecule has 2 aliphatic rings. The summed E-state index contributed by atoms with van der Waals surface area (Å²) in [5.41, 5.74) is 0.172. The van der Waals surface area contributed by atoms with Crippen LogP contribution >= 0.6 is 0 Å². The Hall–Kier alpha value is -3.36. The summed E-state index contributed by atoms with van der Waals surface area (Å²) in [5, 5.41) is 6.02. The minimum atomic E-state index is -1.04. The Bertz CT molecular complexity index is 1100. The van der Waals surface area contributed by atoms with Gasteiger partial charge in [0.1, 0.15) is 17.0 Å². The third-order valence-electron chi connectivity index (χ3n) is 6.95. The maximum absolute atomic E-state index is 13.6. The van der Waals surface area contributed by atoms with Crippen molar-refractivity contribution in [3.8, 4) is 5.75 Å². The molecule has 1 atom stereocenters. The van der Waals surface area contributed by atoms with Crippen molar-refractivity contribution >= 4 is 17.7 Å². The average molecular weight is 496 g/mol. The summed E-state index contributed by atoms with van der Waals surface area (Å²) in [4.78, 5) is 45.9. The molecule has 1 unspecified atom stereocenters. The average Bonchev–Trinajstić information content (AvgIpc) is 3.50. The van der Waals surface area contributed by atoms with Gasteiger partial charge < -0.3 is 24.8 Å². The number of rotatable bonds is 9. The highest BCUT2D eigenvalue weighted by molar-refractivity contribution is 6.07. The predicted octanol–water partition coefficient (Wildman–Crippen LogP) is 3.28. The van der Waals surface area contributed by atoms with Gasteiger partial charge in [0.2, 0.25) is 5.91 Å². The van der Waals surface area contributed by atoms with Crippen LogP contribution in [0.5, 0.6) is 5.75 Å². The topological polar surface area (TPSA) is 106 Å². The van der Waals surface area contributed by atoms with Gasteiger partial charge in [-0.15, -0.1) is 0 Å². The first kappa shape index (κ1) is 25.7. The highest BCUT2D eigenvalue weighted by Crippen LogP contribution is 2.30. The molecule has 0 bridgehead atoms. The van der Waals surface area contributed by atoms with Crippen LogP contribution in [0, 0.1) is 0 Å². The molecule has 4 rings (SSSR count). The summed E-state index contributed by atoms with van der Waals surface area (Å²) in [7, 11) is 0. The Labute approximate surface area is 212 Å². The first-order valence-electron chi connectivity index (χ1n) is 12.9. The molecule has 0 saturated heterocycles. The van der Waals surface area contributed by atoms with E-state index in [0.29, 0.717) is 19.5 Å². The van der Waals surface area contributed by atoms with Gasteiger partial charge >= 0.3 is 0 Å². The normalized spacial score (nSPS) is 19.9. The van der Waals surface area contributed by atoms with Gasteiger partial charge in [0, 0.05) is 19.1 Å². The Morgan fingerprint density at radius 3 is 2.53 bits per heavy atom. The molecule has 9 nitrogen and oxygen atoms in total. The summed E-state index contributed by atoms with van der Waals surface area (Å²) in [6, 6.07) is 7.67. The van der Waals surface area contributed by atoms with Gasteiger partial charge in [-0.05, 0) is 57.7 Å². The molecular formula is C27H37N5O4. The SMILES string of the molecule is CCCN1C(=O)c2c(C(=O)NCc3ccc(OC(C)C)cc3)ncn2CC1(C)C(=O)NC1CCCC1. The number of carbonyl (C=O) groups is 3. The van der Waals surface area contributed by atoms with Gasteiger partial charge in [-0.3, -0.25) is 14.4 Å². The van der Waals surface area contributed by atoms with Gasteiger partial charge in [-0.1, -0.05) is 31.9 Å². The summed E-state index contributed by atoms with van der Waals surface area (Å²) in [5.74, 6) is -0.142. The molecule has 36 heavy (non-hydrogen) atoms. The summed E-state index contributed by atoms with van der Waals surface area (Å²) in [6.07, 6.45) is 6.44. The van der Waals surface area contributed by atoms with Crippen molar-refractivity contribution in [3.63, 3.8) is 0 Å². The zero-order valence-corrected chi connectivity index (χ0v) is 21.7. The molecule has 9 heteroatoms. The van der Waals surface area contributed by atoms with E-state index >= 15 is 0 Å². The van der Waals surface area contributed by atoms with E-state index in [2.05, 4.69) is 15.6 Å². The Balaban J connectivity index is 1.49. The molecule has 0 spiro atoms. The number of aromatic nitrogens is 2. The largest absolute Gasteiger partial charge is 0.491 e. The minimum absolute atomic E-state index is 0.0825. The fourth-order valence-electron chi connectivity index (χ4n) is 5.06. The van der Waals surface area contributed by atoms with Gasteiger partial charge in [0.05, 0.1) is 19.0 Å². The van der Waals surface area contributed by atoms with Crippen LogP contribution < -0.4 is 15.4 Å². The van der Waals surface area contributed by atoms with E-state index in [1.54, 1.807) is 16.4 Å². The Morgan fingerprint density at radius 2 is 1.89 bits per heavy atom. The van der Waals surface area contributed by atoms with E-state index in [0.717, 1.165) is 37.0 Å².